The maximum absolute atomic E-state index is 13.1. The van der Waals surface area contributed by atoms with Crippen LogP contribution in [0.1, 0.15) is 28.8 Å². The van der Waals surface area contributed by atoms with Crippen molar-refractivity contribution in [2.75, 3.05) is 27.3 Å². The Balaban J connectivity index is 1.60. The molecule has 1 aliphatic heterocycles. The van der Waals surface area contributed by atoms with Crippen molar-refractivity contribution in [1.82, 2.24) is 10.2 Å². The minimum atomic E-state index is -0.383. The molecule has 1 atom stereocenters. The van der Waals surface area contributed by atoms with Crippen LogP contribution in [-0.2, 0) is 11.3 Å². The number of ether oxygens (including phenoxy) is 2. The highest BCUT2D eigenvalue weighted by atomic mass is 19.1. The van der Waals surface area contributed by atoms with Gasteiger partial charge in [0.15, 0.2) is 0 Å². The summed E-state index contributed by atoms with van der Waals surface area (Å²) in [6.07, 6.45) is 1.47. The van der Waals surface area contributed by atoms with Crippen molar-refractivity contribution in [2.24, 2.45) is 5.92 Å². The fourth-order valence-corrected chi connectivity index (χ4v) is 3.48. The largest absolute Gasteiger partial charge is 0.497 e. The van der Waals surface area contributed by atoms with Gasteiger partial charge in [-0.2, -0.15) is 0 Å². The molecule has 2 aromatic carbocycles. The number of likely N-dealkylation sites (tertiary alicyclic amines) is 1. The summed E-state index contributed by atoms with van der Waals surface area (Å²) in [5.41, 5.74) is 1.27. The van der Waals surface area contributed by atoms with Gasteiger partial charge in [-0.1, -0.05) is 0 Å². The van der Waals surface area contributed by atoms with Gasteiger partial charge in [-0.25, -0.2) is 4.39 Å². The number of piperidine rings is 1. The van der Waals surface area contributed by atoms with E-state index in [9.17, 15) is 14.0 Å². The summed E-state index contributed by atoms with van der Waals surface area (Å²) in [4.78, 5) is 27.0. The maximum atomic E-state index is 13.1. The van der Waals surface area contributed by atoms with Gasteiger partial charge < -0.3 is 19.7 Å². The highest BCUT2D eigenvalue weighted by Gasteiger charge is 2.29. The predicted octanol–water partition coefficient (Wildman–Crippen LogP) is 3.01. The first-order valence-electron chi connectivity index (χ1n) is 9.55. The van der Waals surface area contributed by atoms with Crippen LogP contribution in [0.5, 0.6) is 11.5 Å². The summed E-state index contributed by atoms with van der Waals surface area (Å²) in [5.74, 6) is 0.378. The zero-order valence-electron chi connectivity index (χ0n) is 16.6. The molecule has 3 rings (SSSR count). The number of halogens is 1. The second-order valence-corrected chi connectivity index (χ2v) is 6.99. The van der Waals surface area contributed by atoms with E-state index >= 15 is 0 Å². The lowest BCUT2D eigenvalue weighted by Gasteiger charge is -2.32. The van der Waals surface area contributed by atoms with E-state index in [1.807, 2.05) is 12.1 Å². The van der Waals surface area contributed by atoms with Gasteiger partial charge in [-0.3, -0.25) is 9.59 Å². The molecular weight excluding hydrogens is 375 g/mol. The molecule has 0 saturated carbocycles. The zero-order valence-corrected chi connectivity index (χ0v) is 16.6. The Morgan fingerprint density at radius 2 is 1.90 bits per heavy atom. The van der Waals surface area contributed by atoms with Gasteiger partial charge in [0.05, 0.1) is 20.1 Å². The molecule has 1 unspecified atom stereocenters. The first-order valence-corrected chi connectivity index (χ1v) is 9.55. The quantitative estimate of drug-likeness (QED) is 0.810. The summed E-state index contributed by atoms with van der Waals surface area (Å²) in [6.45, 7) is 1.27. The Morgan fingerprint density at radius 1 is 1.14 bits per heavy atom. The molecule has 1 N–H and O–H groups in total. The van der Waals surface area contributed by atoms with Gasteiger partial charge in [0.1, 0.15) is 17.3 Å². The lowest BCUT2D eigenvalue weighted by Crippen LogP contribution is -2.45. The summed E-state index contributed by atoms with van der Waals surface area (Å²) in [7, 11) is 3.15. The molecule has 0 bridgehead atoms. The van der Waals surface area contributed by atoms with Crippen molar-refractivity contribution in [1.29, 1.82) is 0 Å². The van der Waals surface area contributed by atoms with Crippen LogP contribution in [0.25, 0.3) is 0 Å². The average Bonchev–Trinajstić information content (AvgIpc) is 2.77. The molecule has 0 aromatic heterocycles. The number of benzene rings is 2. The number of nitrogens with one attached hydrogen (secondary N) is 1. The van der Waals surface area contributed by atoms with E-state index in [1.165, 1.54) is 24.3 Å². The second-order valence-electron chi connectivity index (χ2n) is 6.99. The molecule has 0 aliphatic carbocycles. The number of carbonyl (C=O) groups excluding carboxylic acids is 2. The van der Waals surface area contributed by atoms with Gasteiger partial charge in [0.2, 0.25) is 5.91 Å². The molecule has 6 nitrogen and oxygen atoms in total. The zero-order chi connectivity index (χ0) is 20.8. The SMILES string of the molecule is COc1ccc(CNC(=O)C2CCCN(C(=O)c3ccc(F)cc3)C2)c(OC)c1. The Labute approximate surface area is 169 Å². The predicted molar refractivity (Wildman–Crippen MR) is 106 cm³/mol. The summed E-state index contributed by atoms with van der Waals surface area (Å²) in [6, 6.07) is 10.9. The summed E-state index contributed by atoms with van der Waals surface area (Å²) < 4.78 is 23.6. The van der Waals surface area contributed by atoms with E-state index in [2.05, 4.69) is 5.32 Å². The van der Waals surface area contributed by atoms with Crippen LogP contribution >= 0.6 is 0 Å². The first-order chi connectivity index (χ1) is 14.0. The third-order valence-corrected chi connectivity index (χ3v) is 5.12. The molecule has 0 radical (unpaired) electrons. The minimum Gasteiger partial charge on any atom is -0.497 e. The Kier molecular flexibility index (Phi) is 6.69. The molecule has 29 heavy (non-hydrogen) atoms. The van der Waals surface area contributed by atoms with E-state index in [4.69, 9.17) is 9.47 Å². The standard InChI is InChI=1S/C22H25FN2O4/c1-28-19-10-7-16(20(12-19)29-2)13-24-21(26)17-4-3-11-25(14-17)22(27)15-5-8-18(23)9-6-15/h5-10,12,17H,3-4,11,13-14H2,1-2H3,(H,24,26). The molecule has 1 fully saturated rings. The van der Waals surface area contributed by atoms with Gasteiger partial charge in [-0.05, 0) is 49.2 Å². The molecule has 2 amide bonds. The smallest absolute Gasteiger partial charge is 0.253 e. The molecule has 154 valence electrons. The number of amides is 2. The van der Waals surface area contributed by atoms with Crippen LogP contribution in [0.15, 0.2) is 42.5 Å². The van der Waals surface area contributed by atoms with Gasteiger partial charge in [-0.15, -0.1) is 0 Å². The number of hydrogen-bond donors (Lipinski definition) is 1. The molecule has 7 heteroatoms. The lowest BCUT2D eigenvalue weighted by atomic mass is 9.96. The van der Waals surface area contributed by atoms with Crippen LogP contribution in [0.3, 0.4) is 0 Å². The molecule has 2 aromatic rings. The monoisotopic (exact) mass is 400 g/mol. The van der Waals surface area contributed by atoms with Gasteiger partial charge in [0.25, 0.3) is 5.91 Å². The minimum absolute atomic E-state index is 0.0977. The van der Waals surface area contributed by atoms with Crippen molar-refractivity contribution in [3.05, 3.63) is 59.4 Å². The van der Waals surface area contributed by atoms with E-state index < -0.39 is 0 Å². The van der Waals surface area contributed by atoms with E-state index in [0.29, 0.717) is 36.7 Å². The number of carbonyl (C=O) groups is 2. The molecule has 1 aliphatic rings. The van der Waals surface area contributed by atoms with E-state index in [1.54, 1.807) is 25.2 Å². The van der Waals surface area contributed by atoms with Crippen LogP contribution in [0.2, 0.25) is 0 Å². The first kappa shape index (κ1) is 20.6. The maximum Gasteiger partial charge on any atom is 0.253 e. The van der Waals surface area contributed by atoms with E-state index in [0.717, 1.165) is 18.4 Å². The highest BCUT2D eigenvalue weighted by Crippen LogP contribution is 2.25. The average molecular weight is 400 g/mol. The van der Waals surface area contributed by atoms with Crippen LogP contribution in [0.4, 0.5) is 4.39 Å². The van der Waals surface area contributed by atoms with Gasteiger partial charge in [0, 0.05) is 36.8 Å². The number of methoxy groups -OCH3 is 2. The summed E-state index contributed by atoms with van der Waals surface area (Å²) >= 11 is 0. The number of hydrogen-bond acceptors (Lipinski definition) is 4. The Hall–Kier alpha value is -3.09. The molecular formula is C22H25FN2O4. The fraction of sp³-hybridized carbons (Fsp3) is 0.364. The molecule has 0 spiro atoms. The Bertz CT molecular complexity index is 870. The normalized spacial score (nSPS) is 16.2. The highest BCUT2D eigenvalue weighted by molar-refractivity contribution is 5.94. The summed E-state index contributed by atoms with van der Waals surface area (Å²) in [5, 5.41) is 2.94. The van der Waals surface area contributed by atoms with Crippen LogP contribution < -0.4 is 14.8 Å². The molecule has 1 saturated heterocycles. The number of nitrogens with zero attached hydrogens (tertiary/aromatic N) is 1. The van der Waals surface area contributed by atoms with Crippen molar-refractivity contribution < 1.29 is 23.5 Å². The fourth-order valence-electron chi connectivity index (χ4n) is 3.48. The van der Waals surface area contributed by atoms with Crippen LogP contribution in [-0.4, -0.2) is 44.0 Å². The third-order valence-electron chi connectivity index (χ3n) is 5.12. The van der Waals surface area contributed by atoms with E-state index in [-0.39, 0.29) is 23.5 Å². The van der Waals surface area contributed by atoms with Crippen LogP contribution in [0, 0.1) is 11.7 Å². The van der Waals surface area contributed by atoms with Crippen molar-refractivity contribution in [2.45, 2.75) is 19.4 Å². The second kappa shape index (κ2) is 9.41. The van der Waals surface area contributed by atoms with Crippen molar-refractivity contribution in [3.63, 3.8) is 0 Å². The van der Waals surface area contributed by atoms with Gasteiger partial charge >= 0.3 is 0 Å². The lowest BCUT2D eigenvalue weighted by molar-refractivity contribution is -0.126. The topological polar surface area (TPSA) is 67.9 Å². The third kappa shape index (κ3) is 5.04. The Morgan fingerprint density at radius 3 is 2.59 bits per heavy atom. The molecule has 1 heterocycles. The van der Waals surface area contributed by atoms with Crippen molar-refractivity contribution >= 4 is 11.8 Å². The number of rotatable bonds is 6. The van der Waals surface area contributed by atoms with Crippen molar-refractivity contribution in [3.8, 4) is 11.5 Å².